The minimum absolute atomic E-state index is 0.675. The third-order valence-corrected chi connectivity index (χ3v) is 3.02. The quantitative estimate of drug-likeness (QED) is 0.820. The molecule has 0 bridgehead atoms. The van der Waals surface area contributed by atoms with Gasteiger partial charge in [0.2, 0.25) is 5.06 Å². The van der Waals surface area contributed by atoms with E-state index >= 15 is 0 Å². The van der Waals surface area contributed by atoms with Crippen LogP contribution in [0.1, 0.15) is 0 Å². The van der Waals surface area contributed by atoms with Crippen molar-refractivity contribution in [3.8, 4) is 10.8 Å². The number of thiazole rings is 1. The SMILES string of the molecule is Clc1ccc(Oc2cncs2)c(Br)c1. The Labute approximate surface area is 98.6 Å². The van der Waals surface area contributed by atoms with Crippen molar-refractivity contribution in [3.05, 3.63) is 39.4 Å². The van der Waals surface area contributed by atoms with Gasteiger partial charge in [0, 0.05) is 5.02 Å². The monoisotopic (exact) mass is 289 g/mol. The van der Waals surface area contributed by atoms with E-state index in [2.05, 4.69) is 20.9 Å². The van der Waals surface area contributed by atoms with Gasteiger partial charge in [-0.05, 0) is 34.1 Å². The Hall–Kier alpha value is -0.580. The third-order valence-electron chi connectivity index (χ3n) is 1.51. The van der Waals surface area contributed by atoms with Crippen LogP contribution in [0.15, 0.2) is 34.4 Å². The zero-order valence-corrected chi connectivity index (χ0v) is 10.1. The van der Waals surface area contributed by atoms with Crippen LogP contribution >= 0.6 is 38.9 Å². The van der Waals surface area contributed by atoms with Crippen LogP contribution in [0.25, 0.3) is 0 Å². The number of aromatic nitrogens is 1. The molecule has 0 spiro atoms. The van der Waals surface area contributed by atoms with Crippen molar-refractivity contribution in [2.75, 3.05) is 0 Å². The van der Waals surface area contributed by atoms with Crippen LogP contribution < -0.4 is 4.74 Å². The van der Waals surface area contributed by atoms with E-state index in [0.29, 0.717) is 5.02 Å². The molecule has 0 aliphatic rings. The van der Waals surface area contributed by atoms with Gasteiger partial charge in [-0.3, -0.25) is 0 Å². The first-order valence-corrected chi connectivity index (χ1v) is 5.82. The first-order chi connectivity index (χ1) is 6.75. The molecule has 2 aromatic rings. The number of hydrogen-bond acceptors (Lipinski definition) is 3. The molecule has 0 saturated carbocycles. The Kier molecular flexibility index (Phi) is 3.05. The Bertz CT molecular complexity index is 432. The molecule has 14 heavy (non-hydrogen) atoms. The molecule has 2 rings (SSSR count). The predicted molar refractivity (Wildman–Crippen MR) is 61.3 cm³/mol. The summed E-state index contributed by atoms with van der Waals surface area (Å²) in [7, 11) is 0. The lowest BCUT2D eigenvalue weighted by Gasteiger charge is -2.04. The van der Waals surface area contributed by atoms with Gasteiger partial charge >= 0.3 is 0 Å². The fourth-order valence-electron chi connectivity index (χ4n) is 0.921. The largest absolute Gasteiger partial charge is 0.444 e. The maximum Gasteiger partial charge on any atom is 0.200 e. The normalized spacial score (nSPS) is 10.1. The lowest BCUT2D eigenvalue weighted by Crippen LogP contribution is -1.81. The molecule has 0 aliphatic heterocycles. The highest BCUT2D eigenvalue weighted by molar-refractivity contribution is 9.10. The molecular weight excluding hydrogens is 286 g/mol. The minimum atomic E-state index is 0.675. The molecule has 72 valence electrons. The summed E-state index contributed by atoms with van der Waals surface area (Å²) in [6, 6.07) is 5.38. The number of hydrogen-bond donors (Lipinski definition) is 0. The molecule has 1 aromatic carbocycles. The molecule has 0 aliphatic carbocycles. The van der Waals surface area contributed by atoms with E-state index in [9.17, 15) is 0 Å². The second-order valence-corrected chi connectivity index (χ2v) is 4.64. The van der Waals surface area contributed by atoms with Crippen LogP contribution in [-0.4, -0.2) is 4.98 Å². The zero-order valence-electron chi connectivity index (χ0n) is 6.91. The van der Waals surface area contributed by atoms with Gasteiger partial charge in [-0.2, -0.15) is 0 Å². The third kappa shape index (κ3) is 2.26. The van der Waals surface area contributed by atoms with Crippen molar-refractivity contribution in [1.29, 1.82) is 0 Å². The minimum Gasteiger partial charge on any atom is -0.444 e. The van der Waals surface area contributed by atoms with Gasteiger partial charge in [0.1, 0.15) is 5.75 Å². The van der Waals surface area contributed by atoms with Crippen molar-refractivity contribution in [3.63, 3.8) is 0 Å². The van der Waals surface area contributed by atoms with Gasteiger partial charge in [-0.1, -0.05) is 22.9 Å². The van der Waals surface area contributed by atoms with E-state index in [1.807, 2.05) is 6.07 Å². The Morgan fingerprint density at radius 1 is 1.43 bits per heavy atom. The van der Waals surface area contributed by atoms with Crippen LogP contribution in [0, 0.1) is 0 Å². The molecule has 2 nitrogen and oxygen atoms in total. The summed E-state index contributed by atoms with van der Waals surface area (Å²) in [6.07, 6.45) is 1.67. The molecule has 0 saturated heterocycles. The average Bonchev–Trinajstić information content (AvgIpc) is 2.62. The molecule has 5 heteroatoms. The zero-order chi connectivity index (χ0) is 9.97. The lowest BCUT2D eigenvalue weighted by molar-refractivity contribution is 0.492. The number of rotatable bonds is 2. The summed E-state index contributed by atoms with van der Waals surface area (Å²) in [5.74, 6) is 0.735. The highest BCUT2D eigenvalue weighted by Gasteiger charge is 2.03. The van der Waals surface area contributed by atoms with Gasteiger partial charge < -0.3 is 4.74 Å². The van der Waals surface area contributed by atoms with E-state index < -0.39 is 0 Å². The molecule has 0 fully saturated rings. The Morgan fingerprint density at radius 2 is 2.29 bits per heavy atom. The lowest BCUT2D eigenvalue weighted by atomic mass is 10.3. The van der Waals surface area contributed by atoms with Crippen LogP contribution in [0.5, 0.6) is 10.8 Å². The van der Waals surface area contributed by atoms with Gasteiger partial charge in [0.25, 0.3) is 0 Å². The van der Waals surface area contributed by atoms with Crippen LogP contribution in [0.3, 0.4) is 0 Å². The highest BCUT2D eigenvalue weighted by atomic mass is 79.9. The summed E-state index contributed by atoms with van der Waals surface area (Å²) in [6.45, 7) is 0. The molecule has 1 aromatic heterocycles. The number of ether oxygens (including phenoxy) is 1. The van der Waals surface area contributed by atoms with Crippen molar-refractivity contribution in [2.45, 2.75) is 0 Å². The summed E-state index contributed by atoms with van der Waals surface area (Å²) in [5, 5.41) is 1.43. The summed E-state index contributed by atoms with van der Waals surface area (Å²) >= 11 is 10.6. The Morgan fingerprint density at radius 3 is 2.93 bits per heavy atom. The van der Waals surface area contributed by atoms with Gasteiger partial charge in [-0.15, -0.1) is 0 Å². The summed E-state index contributed by atoms with van der Waals surface area (Å²) in [4.78, 5) is 3.92. The molecule has 0 atom stereocenters. The maximum atomic E-state index is 5.80. The second kappa shape index (κ2) is 4.29. The van der Waals surface area contributed by atoms with Gasteiger partial charge in [0.05, 0.1) is 16.2 Å². The van der Waals surface area contributed by atoms with E-state index in [4.69, 9.17) is 16.3 Å². The van der Waals surface area contributed by atoms with Crippen molar-refractivity contribution in [1.82, 2.24) is 4.98 Å². The molecule has 0 unspecified atom stereocenters. The fraction of sp³-hybridized carbons (Fsp3) is 0. The second-order valence-electron chi connectivity index (χ2n) is 2.50. The first-order valence-electron chi connectivity index (χ1n) is 3.77. The molecule has 1 heterocycles. The average molecular weight is 291 g/mol. The van der Waals surface area contributed by atoms with Gasteiger partial charge in [-0.25, -0.2) is 4.98 Å². The molecular formula is C9H5BrClNOS. The van der Waals surface area contributed by atoms with Crippen LogP contribution in [0.4, 0.5) is 0 Å². The Balaban J connectivity index is 2.25. The van der Waals surface area contributed by atoms with Gasteiger partial charge in [0.15, 0.2) is 0 Å². The maximum absolute atomic E-state index is 5.80. The predicted octanol–water partition coefficient (Wildman–Crippen LogP) is 4.35. The smallest absolute Gasteiger partial charge is 0.200 e. The standard InChI is InChI=1S/C9H5BrClNOS/c10-7-3-6(11)1-2-8(7)13-9-4-12-5-14-9/h1-5H. The number of nitrogens with zero attached hydrogens (tertiary/aromatic N) is 1. The van der Waals surface area contributed by atoms with E-state index in [1.54, 1.807) is 23.8 Å². The molecule has 0 radical (unpaired) electrons. The summed E-state index contributed by atoms with van der Waals surface area (Å²) in [5.41, 5.74) is 1.72. The van der Waals surface area contributed by atoms with Crippen LogP contribution in [-0.2, 0) is 0 Å². The highest BCUT2D eigenvalue weighted by Crippen LogP contribution is 2.32. The first kappa shape index (κ1) is 9.96. The van der Waals surface area contributed by atoms with Crippen LogP contribution in [0.2, 0.25) is 5.02 Å². The van der Waals surface area contributed by atoms with Crippen molar-refractivity contribution < 1.29 is 4.74 Å². The number of halogens is 2. The molecule has 0 N–H and O–H groups in total. The number of benzene rings is 1. The summed E-state index contributed by atoms with van der Waals surface area (Å²) < 4.78 is 6.39. The van der Waals surface area contributed by atoms with Crippen molar-refractivity contribution >= 4 is 38.9 Å². The topological polar surface area (TPSA) is 22.1 Å². The fourth-order valence-corrected chi connectivity index (χ4v) is 2.17. The van der Waals surface area contributed by atoms with E-state index in [1.165, 1.54) is 11.3 Å². The van der Waals surface area contributed by atoms with Crippen molar-refractivity contribution in [2.24, 2.45) is 0 Å². The van der Waals surface area contributed by atoms with E-state index in [-0.39, 0.29) is 0 Å². The van der Waals surface area contributed by atoms with E-state index in [0.717, 1.165) is 15.3 Å². The molecule has 0 amide bonds.